The van der Waals surface area contributed by atoms with Gasteiger partial charge in [0.05, 0.1) is 6.10 Å². The number of hydrogen-bond donors (Lipinski definition) is 2. The van der Waals surface area contributed by atoms with Crippen LogP contribution < -0.4 is 5.32 Å². The molecule has 110 valence electrons. The van der Waals surface area contributed by atoms with Crippen molar-refractivity contribution in [3.05, 3.63) is 0 Å². The maximum absolute atomic E-state index is 10.2. The molecule has 1 aliphatic heterocycles. The lowest BCUT2D eigenvalue weighted by molar-refractivity contribution is 0.0590. The lowest BCUT2D eigenvalue weighted by atomic mass is 9.86. The molecule has 3 heteroatoms. The van der Waals surface area contributed by atoms with Crippen molar-refractivity contribution in [1.29, 1.82) is 0 Å². The van der Waals surface area contributed by atoms with Gasteiger partial charge in [-0.15, -0.1) is 0 Å². The zero-order valence-electron chi connectivity index (χ0n) is 12.5. The molecule has 0 aromatic heterocycles. The highest BCUT2D eigenvalue weighted by atomic mass is 16.3. The van der Waals surface area contributed by atoms with E-state index in [2.05, 4.69) is 24.1 Å². The fraction of sp³-hybridized carbons (Fsp3) is 1.00. The molecule has 3 aliphatic rings. The first-order valence-corrected chi connectivity index (χ1v) is 8.30. The van der Waals surface area contributed by atoms with Crippen LogP contribution in [0.15, 0.2) is 0 Å². The molecule has 1 heterocycles. The topological polar surface area (TPSA) is 35.5 Å². The van der Waals surface area contributed by atoms with Gasteiger partial charge in [0.15, 0.2) is 0 Å². The smallest absolute Gasteiger partial charge is 0.0566 e. The first kappa shape index (κ1) is 13.8. The van der Waals surface area contributed by atoms with E-state index in [9.17, 15) is 5.11 Å². The van der Waals surface area contributed by atoms with E-state index in [1.807, 2.05) is 0 Å². The minimum atomic E-state index is -0.120. The third-order valence-corrected chi connectivity index (χ3v) is 5.02. The summed E-state index contributed by atoms with van der Waals surface area (Å²) >= 11 is 0. The summed E-state index contributed by atoms with van der Waals surface area (Å²) in [6.07, 6.45) is 7.68. The molecule has 2 aliphatic carbocycles. The van der Waals surface area contributed by atoms with E-state index in [1.54, 1.807) is 0 Å². The second kappa shape index (κ2) is 5.71. The summed E-state index contributed by atoms with van der Waals surface area (Å²) in [5, 5.41) is 14.0. The van der Waals surface area contributed by atoms with E-state index >= 15 is 0 Å². The van der Waals surface area contributed by atoms with E-state index in [4.69, 9.17) is 0 Å². The molecule has 3 atom stereocenters. The van der Waals surface area contributed by atoms with Crippen LogP contribution in [0.25, 0.3) is 0 Å². The fourth-order valence-electron chi connectivity index (χ4n) is 3.47. The maximum atomic E-state index is 10.2. The SMILES string of the molecule is CC(C)C(O)CC1CC(NC2CC2)CN(C2CC2)C1. The Balaban J connectivity index is 1.55. The largest absolute Gasteiger partial charge is 0.393 e. The normalized spacial score (nSPS) is 34.7. The van der Waals surface area contributed by atoms with Gasteiger partial charge in [0.1, 0.15) is 0 Å². The zero-order valence-corrected chi connectivity index (χ0v) is 12.5. The lowest BCUT2D eigenvalue weighted by Gasteiger charge is -2.39. The molecular formula is C16H30N2O. The molecule has 3 fully saturated rings. The highest BCUT2D eigenvalue weighted by Crippen LogP contribution is 2.34. The molecule has 2 N–H and O–H groups in total. The third-order valence-electron chi connectivity index (χ3n) is 5.02. The van der Waals surface area contributed by atoms with E-state index < -0.39 is 0 Å². The van der Waals surface area contributed by atoms with Crippen molar-refractivity contribution in [2.24, 2.45) is 11.8 Å². The maximum Gasteiger partial charge on any atom is 0.0566 e. The molecule has 3 rings (SSSR count). The summed E-state index contributed by atoms with van der Waals surface area (Å²) < 4.78 is 0. The molecule has 0 bridgehead atoms. The first-order chi connectivity index (χ1) is 9.11. The highest BCUT2D eigenvalue weighted by Gasteiger charge is 2.38. The van der Waals surface area contributed by atoms with Crippen LogP contribution in [-0.2, 0) is 0 Å². The summed E-state index contributed by atoms with van der Waals surface area (Å²) in [6, 6.07) is 2.34. The summed E-state index contributed by atoms with van der Waals surface area (Å²) in [7, 11) is 0. The second-order valence-electron chi connectivity index (χ2n) is 7.47. The van der Waals surface area contributed by atoms with Crippen LogP contribution in [0.5, 0.6) is 0 Å². The van der Waals surface area contributed by atoms with Crippen molar-refractivity contribution in [3.63, 3.8) is 0 Å². The van der Waals surface area contributed by atoms with Gasteiger partial charge in [-0.2, -0.15) is 0 Å². The highest BCUT2D eigenvalue weighted by molar-refractivity contribution is 4.95. The monoisotopic (exact) mass is 266 g/mol. The van der Waals surface area contributed by atoms with Gasteiger partial charge in [0, 0.05) is 31.2 Å². The number of aliphatic hydroxyl groups is 1. The van der Waals surface area contributed by atoms with Gasteiger partial charge in [-0.25, -0.2) is 0 Å². The summed E-state index contributed by atoms with van der Waals surface area (Å²) in [6.45, 7) is 6.73. The molecule has 2 saturated carbocycles. The van der Waals surface area contributed by atoms with Crippen molar-refractivity contribution in [2.75, 3.05) is 13.1 Å². The Kier molecular flexibility index (Phi) is 4.16. The quantitative estimate of drug-likeness (QED) is 0.772. The number of aliphatic hydroxyl groups excluding tert-OH is 1. The number of likely N-dealkylation sites (tertiary alicyclic amines) is 1. The minimum absolute atomic E-state index is 0.120. The van der Waals surface area contributed by atoms with E-state index in [1.165, 1.54) is 45.2 Å². The molecule has 3 nitrogen and oxygen atoms in total. The third kappa shape index (κ3) is 3.93. The molecular weight excluding hydrogens is 236 g/mol. The van der Waals surface area contributed by atoms with Gasteiger partial charge in [-0.3, -0.25) is 4.90 Å². The zero-order chi connectivity index (χ0) is 13.4. The molecule has 0 aromatic rings. The average Bonchev–Trinajstić information content (AvgIpc) is 3.22. The molecule has 1 saturated heterocycles. The van der Waals surface area contributed by atoms with Gasteiger partial charge >= 0.3 is 0 Å². The van der Waals surface area contributed by atoms with Crippen LogP contribution in [0.2, 0.25) is 0 Å². The van der Waals surface area contributed by atoms with Crippen molar-refractivity contribution < 1.29 is 5.11 Å². The van der Waals surface area contributed by atoms with Crippen LogP contribution in [0.4, 0.5) is 0 Å². The predicted octanol–water partition coefficient (Wildman–Crippen LogP) is 2.00. The van der Waals surface area contributed by atoms with Crippen LogP contribution >= 0.6 is 0 Å². The molecule has 19 heavy (non-hydrogen) atoms. The van der Waals surface area contributed by atoms with Crippen LogP contribution in [-0.4, -0.2) is 47.3 Å². The lowest BCUT2D eigenvalue weighted by Crippen LogP contribution is -2.51. The number of nitrogens with zero attached hydrogens (tertiary/aromatic N) is 1. The van der Waals surface area contributed by atoms with Crippen molar-refractivity contribution in [2.45, 2.75) is 76.6 Å². The Bertz CT molecular complexity index is 297. The summed E-state index contributed by atoms with van der Waals surface area (Å²) in [5.74, 6) is 1.08. The Labute approximate surface area is 117 Å². The first-order valence-electron chi connectivity index (χ1n) is 8.30. The molecule has 0 spiro atoms. The Morgan fingerprint density at radius 1 is 1.11 bits per heavy atom. The van der Waals surface area contributed by atoms with Crippen molar-refractivity contribution in [3.8, 4) is 0 Å². The van der Waals surface area contributed by atoms with Crippen molar-refractivity contribution in [1.82, 2.24) is 10.2 Å². The van der Waals surface area contributed by atoms with E-state index in [0.29, 0.717) is 17.9 Å². The van der Waals surface area contributed by atoms with Crippen LogP contribution in [0.3, 0.4) is 0 Å². The Morgan fingerprint density at radius 2 is 1.84 bits per heavy atom. The van der Waals surface area contributed by atoms with Crippen molar-refractivity contribution >= 4 is 0 Å². The van der Waals surface area contributed by atoms with Crippen LogP contribution in [0.1, 0.15) is 52.4 Å². The predicted molar refractivity (Wildman–Crippen MR) is 78.1 cm³/mol. The van der Waals surface area contributed by atoms with Crippen LogP contribution in [0, 0.1) is 11.8 Å². The van der Waals surface area contributed by atoms with Gasteiger partial charge in [0.2, 0.25) is 0 Å². The van der Waals surface area contributed by atoms with Gasteiger partial charge in [-0.1, -0.05) is 13.8 Å². The molecule has 0 amide bonds. The fourth-order valence-corrected chi connectivity index (χ4v) is 3.47. The van der Waals surface area contributed by atoms with Gasteiger partial charge < -0.3 is 10.4 Å². The van der Waals surface area contributed by atoms with E-state index in [-0.39, 0.29) is 6.10 Å². The number of piperidine rings is 1. The molecule has 0 radical (unpaired) electrons. The molecule has 3 unspecified atom stereocenters. The minimum Gasteiger partial charge on any atom is -0.393 e. The Hall–Kier alpha value is -0.120. The second-order valence-corrected chi connectivity index (χ2v) is 7.47. The average molecular weight is 266 g/mol. The standard InChI is InChI=1S/C16H30N2O/c1-11(2)16(19)8-12-7-14(17-13-3-4-13)10-18(9-12)15-5-6-15/h11-17,19H,3-10H2,1-2H3. The number of hydrogen-bond acceptors (Lipinski definition) is 3. The van der Waals surface area contributed by atoms with E-state index in [0.717, 1.165) is 18.5 Å². The van der Waals surface area contributed by atoms with Gasteiger partial charge in [-0.05, 0) is 50.4 Å². The number of rotatable bonds is 6. The summed E-state index contributed by atoms with van der Waals surface area (Å²) in [5.41, 5.74) is 0. The number of nitrogens with one attached hydrogen (secondary N) is 1. The van der Waals surface area contributed by atoms with Gasteiger partial charge in [0.25, 0.3) is 0 Å². The molecule has 0 aromatic carbocycles. The Morgan fingerprint density at radius 3 is 2.42 bits per heavy atom. The summed E-state index contributed by atoms with van der Waals surface area (Å²) in [4.78, 5) is 2.70.